The molecule has 23 heavy (non-hydrogen) atoms. The average Bonchev–Trinajstić information content (AvgIpc) is 3.08. The second-order valence-corrected chi connectivity index (χ2v) is 6.27. The summed E-state index contributed by atoms with van der Waals surface area (Å²) in [5.41, 5.74) is 0.534. The summed E-state index contributed by atoms with van der Waals surface area (Å²) in [6.45, 7) is 1.19. The van der Waals surface area contributed by atoms with Crippen LogP contribution in [0.1, 0.15) is 12.8 Å². The fraction of sp³-hybridized carbons (Fsp3) is 0.438. The number of rotatable bonds is 5. The van der Waals surface area contributed by atoms with Crippen molar-refractivity contribution in [3.05, 3.63) is 34.6 Å². The molecule has 1 aliphatic heterocycles. The first-order chi connectivity index (χ1) is 11.2. The van der Waals surface area contributed by atoms with Gasteiger partial charge in [-0.1, -0.05) is 23.9 Å². The predicted molar refractivity (Wildman–Crippen MR) is 87.7 cm³/mol. The molecule has 1 aliphatic rings. The van der Waals surface area contributed by atoms with Crippen LogP contribution >= 0.6 is 11.8 Å². The summed E-state index contributed by atoms with van der Waals surface area (Å²) in [7, 11) is 1.34. The third kappa shape index (κ3) is 3.56. The normalized spacial score (nSPS) is 17.5. The largest absolute Gasteiger partial charge is 0.468 e. The molecule has 2 heterocycles. The molecule has 2 aromatic rings. The summed E-state index contributed by atoms with van der Waals surface area (Å²) in [6.07, 6.45) is 1.96. The van der Waals surface area contributed by atoms with Crippen LogP contribution in [0.5, 0.6) is 0 Å². The van der Waals surface area contributed by atoms with Crippen molar-refractivity contribution in [2.24, 2.45) is 0 Å². The van der Waals surface area contributed by atoms with Gasteiger partial charge in [-0.3, -0.25) is 14.2 Å². The molecule has 0 aliphatic carbocycles. The number of benzene rings is 1. The highest BCUT2D eigenvalue weighted by molar-refractivity contribution is 7.99. The molecular weight excluding hydrogens is 316 g/mol. The lowest BCUT2D eigenvalue weighted by molar-refractivity contribution is -0.137. The smallest absolute Gasteiger partial charge is 0.316 e. The van der Waals surface area contributed by atoms with Crippen LogP contribution in [0.4, 0.5) is 0 Å². The van der Waals surface area contributed by atoms with Gasteiger partial charge in [0.15, 0.2) is 5.16 Å². The number of carbonyl (C=O) groups excluding carboxylic acids is 1. The summed E-state index contributed by atoms with van der Waals surface area (Å²) in [5, 5.41) is 1.10. The molecule has 1 saturated heterocycles. The number of fused-ring (bicyclic) bond motifs is 1. The van der Waals surface area contributed by atoms with E-state index < -0.39 is 0 Å². The Morgan fingerprint density at radius 2 is 2.30 bits per heavy atom. The molecule has 0 spiro atoms. The standard InChI is InChI=1S/C16H18N2O4S/c1-21-14(19)10-23-16-17-13-7-3-2-6-12(13)15(20)18(16)9-11-5-4-8-22-11/h2-3,6-7,11H,4-5,8-10H2,1H3/t11-/m0/s1. The van der Waals surface area contributed by atoms with Gasteiger partial charge in [0.25, 0.3) is 5.56 Å². The average molecular weight is 334 g/mol. The molecule has 3 rings (SSSR count). The van der Waals surface area contributed by atoms with Gasteiger partial charge in [0.05, 0.1) is 36.4 Å². The summed E-state index contributed by atoms with van der Waals surface area (Å²) in [4.78, 5) is 28.7. The third-order valence-corrected chi connectivity index (χ3v) is 4.73. The Balaban J connectivity index is 1.99. The molecule has 122 valence electrons. The van der Waals surface area contributed by atoms with Gasteiger partial charge in [-0.2, -0.15) is 0 Å². The quantitative estimate of drug-likeness (QED) is 0.472. The van der Waals surface area contributed by atoms with Crippen molar-refractivity contribution in [2.45, 2.75) is 30.6 Å². The lowest BCUT2D eigenvalue weighted by atomic mass is 10.2. The van der Waals surface area contributed by atoms with Gasteiger partial charge >= 0.3 is 5.97 Å². The van der Waals surface area contributed by atoms with E-state index in [0.717, 1.165) is 19.4 Å². The summed E-state index contributed by atoms with van der Waals surface area (Å²) in [6, 6.07) is 7.23. The van der Waals surface area contributed by atoms with Gasteiger partial charge in [-0.15, -0.1) is 0 Å². The maximum Gasteiger partial charge on any atom is 0.316 e. The van der Waals surface area contributed by atoms with E-state index in [2.05, 4.69) is 9.72 Å². The van der Waals surface area contributed by atoms with Crippen molar-refractivity contribution in [1.29, 1.82) is 0 Å². The molecule has 0 unspecified atom stereocenters. The van der Waals surface area contributed by atoms with E-state index >= 15 is 0 Å². The Hall–Kier alpha value is -1.86. The van der Waals surface area contributed by atoms with Crippen LogP contribution < -0.4 is 5.56 Å². The van der Waals surface area contributed by atoms with Crippen molar-refractivity contribution >= 4 is 28.6 Å². The van der Waals surface area contributed by atoms with Crippen molar-refractivity contribution in [2.75, 3.05) is 19.5 Å². The number of aromatic nitrogens is 2. The van der Waals surface area contributed by atoms with E-state index in [1.807, 2.05) is 12.1 Å². The van der Waals surface area contributed by atoms with Crippen molar-refractivity contribution in [3.8, 4) is 0 Å². The Morgan fingerprint density at radius 3 is 3.04 bits per heavy atom. The molecule has 1 aromatic heterocycles. The number of para-hydroxylation sites is 1. The molecule has 1 fully saturated rings. The minimum atomic E-state index is -0.346. The lowest BCUT2D eigenvalue weighted by Crippen LogP contribution is -2.29. The number of hydrogen-bond acceptors (Lipinski definition) is 6. The van der Waals surface area contributed by atoms with Crippen molar-refractivity contribution < 1.29 is 14.3 Å². The highest BCUT2D eigenvalue weighted by atomic mass is 32.2. The molecule has 7 heteroatoms. The van der Waals surface area contributed by atoms with Gasteiger partial charge in [0, 0.05) is 6.61 Å². The maximum absolute atomic E-state index is 12.8. The number of carbonyl (C=O) groups is 1. The predicted octanol–water partition coefficient (Wildman–Crippen LogP) is 1.84. The summed E-state index contributed by atoms with van der Waals surface area (Å²) < 4.78 is 11.9. The first-order valence-electron chi connectivity index (χ1n) is 7.50. The number of esters is 1. The van der Waals surface area contributed by atoms with E-state index in [4.69, 9.17) is 4.74 Å². The molecular formula is C16H18N2O4S. The number of hydrogen-bond donors (Lipinski definition) is 0. The Kier molecular flexibility index (Phi) is 4.97. The molecule has 0 radical (unpaired) electrons. The van der Waals surface area contributed by atoms with Gasteiger partial charge in [-0.25, -0.2) is 4.98 Å². The Morgan fingerprint density at radius 1 is 1.48 bits per heavy atom. The fourth-order valence-corrected chi connectivity index (χ4v) is 3.43. The van der Waals surface area contributed by atoms with Crippen LogP contribution in [0.2, 0.25) is 0 Å². The van der Waals surface area contributed by atoms with Crippen LogP contribution in [0.25, 0.3) is 10.9 Å². The SMILES string of the molecule is COC(=O)CSc1nc2ccccc2c(=O)n1C[C@@H]1CCCO1. The van der Waals surface area contributed by atoms with Crippen LogP contribution in [0.15, 0.2) is 34.2 Å². The number of thioether (sulfide) groups is 1. The number of ether oxygens (including phenoxy) is 2. The van der Waals surface area contributed by atoms with E-state index in [-0.39, 0.29) is 23.4 Å². The third-order valence-electron chi connectivity index (χ3n) is 3.78. The summed E-state index contributed by atoms with van der Waals surface area (Å²) >= 11 is 1.21. The van der Waals surface area contributed by atoms with E-state index in [1.54, 1.807) is 16.7 Å². The summed E-state index contributed by atoms with van der Waals surface area (Å²) in [5.74, 6) is -0.228. The highest BCUT2D eigenvalue weighted by Gasteiger charge is 2.20. The van der Waals surface area contributed by atoms with E-state index in [9.17, 15) is 9.59 Å². The molecule has 1 atom stereocenters. The molecule has 6 nitrogen and oxygen atoms in total. The first kappa shape index (κ1) is 16.0. The zero-order valence-electron chi connectivity index (χ0n) is 12.9. The Bertz CT molecular complexity index is 768. The monoisotopic (exact) mass is 334 g/mol. The van der Waals surface area contributed by atoms with E-state index in [0.29, 0.717) is 22.6 Å². The molecule has 1 aromatic carbocycles. The fourth-order valence-electron chi connectivity index (χ4n) is 2.59. The topological polar surface area (TPSA) is 70.4 Å². The van der Waals surface area contributed by atoms with Crippen LogP contribution in [0.3, 0.4) is 0 Å². The van der Waals surface area contributed by atoms with Crippen LogP contribution in [-0.2, 0) is 20.8 Å². The zero-order chi connectivity index (χ0) is 16.2. The molecule has 0 bridgehead atoms. The van der Waals surface area contributed by atoms with Crippen LogP contribution in [0, 0.1) is 0 Å². The second kappa shape index (κ2) is 7.14. The van der Waals surface area contributed by atoms with Crippen molar-refractivity contribution in [3.63, 3.8) is 0 Å². The van der Waals surface area contributed by atoms with Crippen molar-refractivity contribution in [1.82, 2.24) is 9.55 Å². The highest BCUT2D eigenvalue weighted by Crippen LogP contribution is 2.21. The van der Waals surface area contributed by atoms with Gasteiger partial charge in [-0.05, 0) is 25.0 Å². The minimum absolute atomic E-state index is 0.0214. The first-order valence-corrected chi connectivity index (χ1v) is 8.48. The Labute approximate surface area is 137 Å². The molecule has 0 N–H and O–H groups in total. The van der Waals surface area contributed by atoms with Crippen LogP contribution in [-0.4, -0.2) is 41.1 Å². The zero-order valence-corrected chi connectivity index (χ0v) is 13.7. The molecule has 0 saturated carbocycles. The minimum Gasteiger partial charge on any atom is -0.468 e. The second-order valence-electron chi connectivity index (χ2n) is 5.33. The number of methoxy groups -OCH3 is 1. The van der Waals surface area contributed by atoms with E-state index in [1.165, 1.54) is 18.9 Å². The van der Waals surface area contributed by atoms with Gasteiger partial charge < -0.3 is 9.47 Å². The lowest BCUT2D eigenvalue weighted by Gasteiger charge is -2.16. The number of nitrogens with zero attached hydrogens (tertiary/aromatic N) is 2. The maximum atomic E-state index is 12.8. The molecule has 0 amide bonds. The van der Waals surface area contributed by atoms with Gasteiger partial charge in [0.2, 0.25) is 0 Å². The van der Waals surface area contributed by atoms with Gasteiger partial charge in [0.1, 0.15) is 0 Å².